The van der Waals surface area contributed by atoms with Gasteiger partial charge >= 0.3 is 0 Å². The van der Waals surface area contributed by atoms with Crippen molar-refractivity contribution in [2.45, 2.75) is 51.6 Å². The number of amides is 1. The summed E-state index contributed by atoms with van der Waals surface area (Å²) >= 11 is 0. The second-order valence-electron chi connectivity index (χ2n) is 5.58. The van der Waals surface area contributed by atoms with Crippen LogP contribution in [0.3, 0.4) is 0 Å². The molecule has 20 heavy (non-hydrogen) atoms. The Kier molecular flexibility index (Phi) is 4.99. The SMILES string of the molecule is CC(C)N(C(=O)COc1ccc(F)cc1)C1CCCC1. The summed E-state index contributed by atoms with van der Waals surface area (Å²) in [5.41, 5.74) is 0. The molecule has 1 fully saturated rings. The molecular weight excluding hydrogens is 257 g/mol. The minimum Gasteiger partial charge on any atom is -0.484 e. The fourth-order valence-corrected chi connectivity index (χ4v) is 2.85. The standard InChI is InChI=1S/C16H22FNO2/c1-12(2)18(14-5-3-4-6-14)16(19)11-20-15-9-7-13(17)8-10-15/h7-10,12,14H,3-6,11H2,1-2H3. The second-order valence-corrected chi connectivity index (χ2v) is 5.58. The van der Waals surface area contributed by atoms with E-state index in [9.17, 15) is 9.18 Å². The van der Waals surface area contributed by atoms with Gasteiger partial charge in [-0.05, 0) is 51.0 Å². The number of ether oxygens (including phenoxy) is 1. The van der Waals surface area contributed by atoms with Crippen molar-refractivity contribution >= 4 is 5.91 Å². The number of hydrogen-bond acceptors (Lipinski definition) is 2. The van der Waals surface area contributed by atoms with E-state index in [0.717, 1.165) is 12.8 Å². The van der Waals surface area contributed by atoms with Crippen molar-refractivity contribution in [2.24, 2.45) is 0 Å². The predicted molar refractivity (Wildman–Crippen MR) is 76.1 cm³/mol. The van der Waals surface area contributed by atoms with E-state index in [1.54, 1.807) is 0 Å². The van der Waals surface area contributed by atoms with Crippen LogP contribution in [0.2, 0.25) is 0 Å². The zero-order chi connectivity index (χ0) is 14.5. The smallest absolute Gasteiger partial charge is 0.260 e. The first-order valence-electron chi connectivity index (χ1n) is 7.27. The maximum atomic E-state index is 12.8. The van der Waals surface area contributed by atoms with Gasteiger partial charge in [0.25, 0.3) is 5.91 Å². The molecule has 0 aromatic heterocycles. The lowest BCUT2D eigenvalue weighted by atomic mass is 10.1. The van der Waals surface area contributed by atoms with Crippen molar-refractivity contribution in [3.63, 3.8) is 0 Å². The summed E-state index contributed by atoms with van der Waals surface area (Å²) in [5, 5.41) is 0. The number of benzene rings is 1. The molecule has 4 heteroatoms. The Labute approximate surface area is 119 Å². The maximum absolute atomic E-state index is 12.8. The summed E-state index contributed by atoms with van der Waals surface area (Å²) in [6.45, 7) is 4.09. The number of rotatable bonds is 5. The summed E-state index contributed by atoms with van der Waals surface area (Å²) in [6.07, 6.45) is 4.56. The molecule has 0 atom stereocenters. The van der Waals surface area contributed by atoms with E-state index >= 15 is 0 Å². The number of halogens is 1. The predicted octanol–water partition coefficient (Wildman–Crippen LogP) is 3.38. The highest BCUT2D eigenvalue weighted by Gasteiger charge is 2.28. The Morgan fingerprint density at radius 2 is 1.90 bits per heavy atom. The molecule has 1 aromatic carbocycles. The second kappa shape index (κ2) is 6.73. The molecule has 0 heterocycles. The minimum absolute atomic E-state index is 0.0104. The van der Waals surface area contributed by atoms with Crippen molar-refractivity contribution in [3.8, 4) is 5.75 Å². The van der Waals surface area contributed by atoms with Crippen molar-refractivity contribution < 1.29 is 13.9 Å². The molecule has 110 valence electrons. The number of carbonyl (C=O) groups is 1. The Bertz CT molecular complexity index is 438. The lowest BCUT2D eigenvalue weighted by molar-refractivity contribution is -0.137. The fraction of sp³-hybridized carbons (Fsp3) is 0.562. The summed E-state index contributed by atoms with van der Waals surface area (Å²) in [4.78, 5) is 14.3. The molecule has 0 saturated heterocycles. The molecule has 0 aliphatic heterocycles. The Hall–Kier alpha value is -1.58. The lowest BCUT2D eigenvalue weighted by Gasteiger charge is -2.32. The van der Waals surface area contributed by atoms with E-state index in [0.29, 0.717) is 11.8 Å². The van der Waals surface area contributed by atoms with Gasteiger partial charge in [0.05, 0.1) is 0 Å². The van der Waals surface area contributed by atoms with Crippen LogP contribution in [-0.4, -0.2) is 29.5 Å². The molecule has 3 nitrogen and oxygen atoms in total. The van der Waals surface area contributed by atoms with Gasteiger partial charge in [0.2, 0.25) is 0 Å². The number of nitrogens with zero attached hydrogens (tertiary/aromatic N) is 1. The molecule has 1 aliphatic rings. The van der Waals surface area contributed by atoms with E-state index in [4.69, 9.17) is 4.74 Å². The van der Waals surface area contributed by atoms with Gasteiger partial charge in [0.1, 0.15) is 11.6 Å². The largest absolute Gasteiger partial charge is 0.484 e. The molecule has 0 spiro atoms. The normalized spacial score (nSPS) is 15.6. The van der Waals surface area contributed by atoms with Crippen LogP contribution in [0.25, 0.3) is 0 Å². The van der Waals surface area contributed by atoms with E-state index in [1.807, 2.05) is 18.7 Å². The molecule has 0 N–H and O–H groups in total. The van der Waals surface area contributed by atoms with Gasteiger partial charge in [-0.3, -0.25) is 4.79 Å². The van der Waals surface area contributed by atoms with Gasteiger partial charge in [-0.2, -0.15) is 0 Å². The maximum Gasteiger partial charge on any atom is 0.260 e. The van der Waals surface area contributed by atoms with Gasteiger partial charge in [-0.1, -0.05) is 12.8 Å². The van der Waals surface area contributed by atoms with Crippen molar-refractivity contribution in [1.29, 1.82) is 0 Å². The first-order chi connectivity index (χ1) is 9.58. The van der Waals surface area contributed by atoms with Gasteiger partial charge in [0, 0.05) is 12.1 Å². The highest BCUT2D eigenvalue weighted by molar-refractivity contribution is 5.78. The van der Waals surface area contributed by atoms with Crippen LogP contribution in [0.15, 0.2) is 24.3 Å². The minimum atomic E-state index is -0.307. The van der Waals surface area contributed by atoms with E-state index in [2.05, 4.69) is 0 Å². The molecule has 1 saturated carbocycles. The van der Waals surface area contributed by atoms with Crippen molar-refractivity contribution in [1.82, 2.24) is 4.90 Å². The third-order valence-corrected chi connectivity index (χ3v) is 3.74. The first-order valence-corrected chi connectivity index (χ1v) is 7.27. The molecule has 1 aromatic rings. The average Bonchev–Trinajstić information content (AvgIpc) is 2.91. The van der Waals surface area contributed by atoms with Crippen LogP contribution in [0.4, 0.5) is 4.39 Å². The quantitative estimate of drug-likeness (QED) is 0.827. The lowest BCUT2D eigenvalue weighted by Crippen LogP contribution is -2.45. The molecule has 0 radical (unpaired) electrons. The summed E-state index contributed by atoms with van der Waals surface area (Å²) in [7, 11) is 0. The van der Waals surface area contributed by atoms with Gasteiger partial charge in [-0.25, -0.2) is 4.39 Å². The van der Waals surface area contributed by atoms with E-state index < -0.39 is 0 Å². The number of carbonyl (C=O) groups excluding carboxylic acids is 1. The third kappa shape index (κ3) is 3.71. The highest BCUT2D eigenvalue weighted by atomic mass is 19.1. The average molecular weight is 279 g/mol. The first kappa shape index (κ1) is 14.8. The van der Waals surface area contributed by atoms with Gasteiger partial charge in [0.15, 0.2) is 6.61 Å². The molecule has 2 rings (SSSR count). The zero-order valence-corrected chi connectivity index (χ0v) is 12.1. The van der Waals surface area contributed by atoms with Crippen LogP contribution in [0.5, 0.6) is 5.75 Å². The molecule has 1 amide bonds. The highest BCUT2D eigenvalue weighted by Crippen LogP contribution is 2.25. The molecule has 0 bridgehead atoms. The molecule has 0 unspecified atom stereocenters. The molecular formula is C16H22FNO2. The summed E-state index contributed by atoms with van der Waals surface area (Å²) < 4.78 is 18.2. The topological polar surface area (TPSA) is 29.5 Å². The van der Waals surface area contributed by atoms with E-state index in [-0.39, 0.29) is 24.4 Å². The van der Waals surface area contributed by atoms with E-state index in [1.165, 1.54) is 37.1 Å². The Morgan fingerprint density at radius 1 is 1.30 bits per heavy atom. The molecule has 1 aliphatic carbocycles. The zero-order valence-electron chi connectivity index (χ0n) is 12.1. The van der Waals surface area contributed by atoms with Crippen LogP contribution in [-0.2, 0) is 4.79 Å². The summed E-state index contributed by atoms with van der Waals surface area (Å²) in [5.74, 6) is 0.226. The third-order valence-electron chi connectivity index (χ3n) is 3.74. The number of hydrogen-bond donors (Lipinski definition) is 0. The summed E-state index contributed by atoms with van der Waals surface area (Å²) in [6, 6.07) is 6.27. The Morgan fingerprint density at radius 3 is 2.45 bits per heavy atom. The van der Waals surface area contributed by atoms with Crippen molar-refractivity contribution in [2.75, 3.05) is 6.61 Å². The monoisotopic (exact) mass is 279 g/mol. The Balaban J connectivity index is 1.92. The van der Waals surface area contributed by atoms with Gasteiger partial charge < -0.3 is 9.64 Å². The van der Waals surface area contributed by atoms with Crippen LogP contribution < -0.4 is 4.74 Å². The van der Waals surface area contributed by atoms with Crippen LogP contribution in [0, 0.1) is 5.82 Å². The van der Waals surface area contributed by atoms with Gasteiger partial charge in [-0.15, -0.1) is 0 Å². The van der Waals surface area contributed by atoms with Crippen LogP contribution in [0.1, 0.15) is 39.5 Å². The van der Waals surface area contributed by atoms with Crippen molar-refractivity contribution in [3.05, 3.63) is 30.1 Å². The fourth-order valence-electron chi connectivity index (χ4n) is 2.85. The van der Waals surface area contributed by atoms with Crippen LogP contribution >= 0.6 is 0 Å².